The van der Waals surface area contributed by atoms with Crippen molar-refractivity contribution in [2.45, 2.75) is 44.2 Å². The van der Waals surface area contributed by atoms with E-state index in [2.05, 4.69) is 19.7 Å². The fraction of sp³-hybridized carbons (Fsp3) is 0.750. The standard InChI is InChI=1S/C12H19N2/c1-10(8-13)9-14(2)11-4-3-5-12(14)7-6-11/h11-12H,1,3-7,9H2,2H3/q+1. The average molecular weight is 191 g/mol. The lowest BCUT2D eigenvalue weighted by Crippen LogP contribution is -2.56. The normalized spacial score (nSPS) is 40.6. The Bertz CT molecular complexity index is 271. The molecule has 2 aliphatic heterocycles. The third-order valence-corrected chi connectivity index (χ3v) is 4.27. The Morgan fingerprint density at radius 2 is 1.93 bits per heavy atom. The second-order valence-corrected chi connectivity index (χ2v) is 5.04. The molecule has 2 heteroatoms. The van der Waals surface area contributed by atoms with Gasteiger partial charge in [-0.3, -0.25) is 0 Å². The summed E-state index contributed by atoms with van der Waals surface area (Å²) in [6.07, 6.45) is 6.82. The van der Waals surface area contributed by atoms with Gasteiger partial charge >= 0.3 is 0 Å². The van der Waals surface area contributed by atoms with Crippen LogP contribution in [-0.2, 0) is 0 Å². The van der Waals surface area contributed by atoms with Gasteiger partial charge in [0.1, 0.15) is 6.54 Å². The lowest BCUT2D eigenvalue weighted by atomic mass is 9.99. The monoisotopic (exact) mass is 191 g/mol. The van der Waals surface area contributed by atoms with Crippen LogP contribution in [0.2, 0.25) is 0 Å². The zero-order chi connectivity index (χ0) is 10.2. The molecule has 0 aromatic heterocycles. The third-order valence-electron chi connectivity index (χ3n) is 4.27. The number of nitrogens with zero attached hydrogens (tertiary/aromatic N) is 2. The molecule has 2 nitrogen and oxygen atoms in total. The molecule has 2 atom stereocenters. The maximum Gasteiger partial charge on any atom is 0.114 e. The predicted octanol–water partition coefficient (Wildman–Crippen LogP) is 2.23. The highest BCUT2D eigenvalue weighted by Crippen LogP contribution is 2.41. The van der Waals surface area contributed by atoms with Crippen LogP contribution >= 0.6 is 0 Å². The van der Waals surface area contributed by atoms with E-state index in [0.29, 0.717) is 0 Å². The lowest BCUT2D eigenvalue weighted by Gasteiger charge is -2.44. The van der Waals surface area contributed by atoms with Crippen molar-refractivity contribution in [1.29, 1.82) is 5.26 Å². The molecular weight excluding hydrogens is 172 g/mol. The summed E-state index contributed by atoms with van der Waals surface area (Å²) in [5.74, 6) is 0. The molecule has 2 fully saturated rings. The fourth-order valence-electron chi connectivity index (χ4n) is 3.45. The molecule has 0 spiro atoms. The second kappa shape index (κ2) is 3.40. The van der Waals surface area contributed by atoms with Gasteiger partial charge < -0.3 is 4.48 Å². The van der Waals surface area contributed by atoms with Gasteiger partial charge in [0.25, 0.3) is 0 Å². The highest BCUT2D eigenvalue weighted by atomic mass is 15.4. The summed E-state index contributed by atoms with van der Waals surface area (Å²) in [6, 6.07) is 3.81. The van der Waals surface area contributed by atoms with Crippen molar-refractivity contribution in [2.24, 2.45) is 0 Å². The number of fused-ring (bicyclic) bond motifs is 2. The maximum atomic E-state index is 8.81. The summed E-state index contributed by atoms with van der Waals surface area (Å²) in [4.78, 5) is 0. The molecule has 2 heterocycles. The Balaban J connectivity index is 2.15. The predicted molar refractivity (Wildman–Crippen MR) is 56.5 cm³/mol. The zero-order valence-corrected chi connectivity index (χ0v) is 9.00. The zero-order valence-electron chi connectivity index (χ0n) is 9.00. The summed E-state index contributed by atoms with van der Waals surface area (Å²) in [6.45, 7) is 4.71. The number of likely N-dealkylation sites (N-methyl/N-ethyl adjacent to an activating group) is 1. The topological polar surface area (TPSA) is 23.8 Å². The number of hydrogen-bond acceptors (Lipinski definition) is 1. The van der Waals surface area contributed by atoms with Gasteiger partial charge in [-0.05, 0) is 19.3 Å². The van der Waals surface area contributed by atoms with Gasteiger partial charge in [-0.1, -0.05) is 6.58 Å². The summed E-state index contributed by atoms with van der Waals surface area (Å²) < 4.78 is 1.10. The number of piperidine rings is 1. The van der Waals surface area contributed by atoms with Crippen LogP contribution in [-0.4, -0.2) is 30.2 Å². The summed E-state index contributed by atoms with van der Waals surface area (Å²) in [7, 11) is 2.32. The van der Waals surface area contributed by atoms with Crippen molar-refractivity contribution in [3.8, 4) is 6.07 Å². The van der Waals surface area contributed by atoms with Gasteiger partial charge in [0.15, 0.2) is 0 Å². The molecule has 0 aliphatic carbocycles. The first-order chi connectivity index (χ1) is 6.66. The summed E-state index contributed by atoms with van der Waals surface area (Å²) in [5.41, 5.74) is 0.756. The maximum absolute atomic E-state index is 8.81. The van der Waals surface area contributed by atoms with Crippen molar-refractivity contribution < 1.29 is 4.48 Å². The Hall–Kier alpha value is -0.810. The van der Waals surface area contributed by atoms with E-state index in [9.17, 15) is 0 Å². The average Bonchev–Trinajstić information content (AvgIpc) is 2.42. The Morgan fingerprint density at radius 1 is 1.36 bits per heavy atom. The van der Waals surface area contributed by atoms with E-state index < -0.39 is 0 Å². The van der Waals surface area contributed by atoms with E-state index in [1.54, 1.807) is 0 Å². The molecule has 2 aliphatic rings. The molecule has 2 unspecified atom stereocenters. The Morgan fingerprint density at radius 3 is 2.43 bits per heavy atom. The van der Waals surface area contributed by atoms with Crippen molar-refractivity contribution >= 4 is 0 Å². The minimum atomic E-state index is 0.756. The lowest BCUT2D eigenvalue weighted by molar-refractivity contribution is -0.943. The van der Waals surface area contributed by atoms with E-state index in [-0.39, 0.29) is 0 Å². The van der Waals surface area contributed by atoms with Crippen molar-refractivity contribution in [3.63, 3.8) is 0 Å². The van der Waals surface area contributed by atoms with Gasteiger partial charge in [0, 0.05) is 12.8 Å². The van der Waals surface area contributed by atoms with Gasteiger partial charge in [-0.25, -0.2) is 0 Å². The van der Waals surface area contributed by atoms with Crippen molar-refractivity contribution in [1.82, 2.24) is 0 Å². The van der Waals surface area contributed by atoms with Crippen LogP contribution in [0.15, 0.2) is 12.2 Å². The van der Waals surface area contributed by atoms with Crippen molar-refractivity contribution in [3.05, 3.63) is 12.2 Å². The van der Waals surface area contributed by atoms with Crippen LogP contribution in [0.5, 0.6) is 0 Å². The molecule has 14 heavy (non-hydrogen) atoms. The van der Waals surface area contributed by atoms with E-state index >= 15 is 0 Å². The molecule has 76 valence electrons. The molecule has 0 amide bonds. The molecule has 2 saturated heterocycles. The minimum absolute atomic E-state index is 0.756. The van der Waals surface area contributed by atoms with E-state index in [4.69, 9.17) is 5.26 Å². The van der Waals surface area contributed by atoms with Gasteiger partial charge in [-0.15, -0.1) is 0 Å². The number of quaternary nitrogens is 1. The first kappa shape index (κ1) is 9.73. The fourth-order valence-corrected chi connectivity index (χ4v) is 3.45. The molecule has 2 rings (SSSR count). The summed E-state index contributed by atoms with van der Waals surface area (Å²) >= 11 is 0. The molecule has 0 N–H and O–H groups in total. The number of rotatable bonds is 2. The number of nitriles is 1. The van der Waals surface area contributed by atoms with Crippen LogP contribution in [0.25, 0.3) is 0 Å². The molecular formula is C12H19N2+. The minimum Gasteiger partial charge on any atom is -0.317 e. The Labute approximate surface area is 86.4 Å². The first-order valence-electron chi connectivity index (χ1n) is 5.59. The molecule has 2 bridgehead atoms. The SMILES string of the molecule is C=C(C#N)C[N+]1(C)C2CCCC1CC2. The van der Waals surface area contributed by atoms with E-state index in [1.165, 1.54) is 32.1 Å². The van der Waals surface area contributed by atoms with Crippen molar-refractivity contribution in [2.75, 3.05) is 13.6 Å². The van der Waals surface area contributed by atoms with Crippen LogP contribution in [0.4, 0.5) is 0 Å². The second-order valence-electron chi connectivity index (χ2n) is 5.04. The van der Waals surface area contributed by atoms with E-state index in [0.717, 1.165) is 28.7 Å². The smallest absolute Gasteiger partial charge is 0.114 e. The van der Waals surface area contributed by atoms with Crippen LogP contribution < -0.4 is 0 Å². The third kappa shape index (κ3) is 1.36. The van der Waals surface area contributed by atoms with Gasteiger partial charge in [0.2, 0.25) is 0 Å². The quantitative estimate of drug-likeness (QED) is 0.485. The Kier molecular flexibility index (Phi) is 2.36. The summed E-state index contributed by atoms with van der Waals surface area (Å²) in [5, 5.41) is 8.81. The first-order valence-corrected chi connectivity index (χ1v) is 5.59. The van der Waals surface area contributed by atoms with Crippen LogP contribution in [0, 0.1) is 11.3 Å². The molecule has 0 radical (unpaired) electrons. The molecule has 0 aromatic rings. The highest BCUT2D eigenvalue weighted by Gasteiger charge is 2.48. The molecule has 0 aromatic carbocycles. The highest BCUT2D eigenvalue weighted by molar-refractivity contribution is 5.16. The number of hydrogen-bond donors (Lipinski definition) is 0. The van der Waals surface area contributed by atoms with E-state index in [1.807, 2.05) is 0 Å². The van der Waals surface area contributed by atoms with Crippen LogP contribution in [0.3, 0.4) is 0 Å². The molecule has 0 saturated carbocycles. The largest absolute Gasteiger partial charge is 0.317 e. The van der Waals surface area contributed by atoms with Gasteiger partial charge in [-0.2, -0.15) is 5.26 Å². The van der Waals surface area contributed by atoms with Crippen LogP contribution in [0.1, 0.15) is 32.1 Å². The van der Waals surface area contributed by atoms with Gasteiger partial charge in [0.05, 0.1) is 30.8 Å².